The lowest BCUT2D eigenvalue weighted by atomic mass is 9.82. The van der Waals surface area contributed by atoms with E-state index >= 15 is 0 Å². The van der Waals surface area contributed by atoms with Crippen molar-refractivity contribution in [3.8, 4) is 0 Å². The van der Waals surface area contributed by atoms with Crippen LogP contribution in [0.15, 0.2) is 0 Å². The van der Waals surface area contributed by atoms with E-state index in [1.807, 2.05) is 0 Å². The van der Waals surface area contributed by atoms with Crippen molar-refractivity contribution < 1.29 is 4.74 Å². The van der Waals surface area contributed by atoms with Crippen molar-refractivity contribution in [1.29, 1.82) is 0 Å². The van der Waals surface area contributed by atoms with Crippen molar-refractivity contribution in [3.05, 3.63) is 0 Å². The SMILES string of the molecule is C1CCC2NCC3(CCCCC3)OC2CC1. The van der Waals surface area contributed by atoms with Gasteiger partial charge in [0.05, 0.1) is 11.7 Å². The number of morpholine rings is 1. The molecule has 1 aliphatic heterocycles. The summed E-state index contributed by atoms with van der Waals surface area (Å²) in [5.41, 5.74) is 0.226. The molecule has 0 aromatic heterocycles. The Balaban J connectivity index is 1.67. The van der Waals surface area contributed by atoms with Crippen molar-refractivity contribution in [2.45, 2.75) is 82.0 Å². The van der Waals surface area contributed by atoms with Crippen LogP contribution >= 0.6 is 0 Å². The molecule has 2 nitrogen and oxygen atoms in total. The van der Waals surface area contributed by atoms with Gasteiger partial charge in [0.2, 0.25) is 0 Å². The molecule has 0 radical (unpaired) electrons. The quantitative estimate of drug-likeness (QED) is 0.681. The Morgan fingerprint density at radius 3 is 2.50 bits per heavy atom. The second-order valence-electron chi connectivity index (χ2n) is 6.03. The minimum absolute atomic E-state index is 0.226. The number of fused-ring (bicyclic) bond motifs is 1. The van der Waals surface area contributed by atoms with Crippen molar-refractivity contribution in [2.24, 2.45) is 0 Å². The van der Waals surface area contributed by atoms with E-state index in [4.69, 9.17) is 4.74 Å². The van der Waals surface area contributed by atoms with Gasteiger partial charge in [0.25, 0.3) is 0 Å². The fourth-order valence-electron chi connectivity index (χ4n) is 3.82. The maximum absolute atomic E-state index is 6.54. The summed E-state index contributed by atoms with van der Waals surface area (Å²) in [5, 5.41) is 3.80. The van der Waals surface area contributed by atoms with Gasteiger partial charge >= 0.3 is 0 Å². The molecule has 3 rings (SSSR count). The number of rotatable bonds is 0. The van der Waals surface area contributed by atoms with Gasteiger partial charge in [-0.25, -0.2) is 0 Å². The van der Waals surface area contributed by atoms with E-state index in [1.54, 1.807) is 0 Å². The van der Waals surface area contributed by atoms with Gasteiger partial charge in [0.15, 0.2) is 0 Å². The Hall–Kier alpha value is -0.0800. The van der Waals surface area contributed by atoms with Gasteiger partial charge in [-0.2, -0.15) is 0 Å². The molecule has 3 aliphatic rings. The number of hydrogen-bond acceptors (Lipinski definition) is 2. The maximum Gasteiger partial charge on any atom is 0.0810 e. The van der Waals surface area contributed by atoms with Crippen LogP contribution < -0.4 is 5.32 Å². The third-order valence-electron chi connectivity index (χ3n) is 4.81. The van der Waals surface area contributed by atoms with E-state index in [1.165, 1.54) is 64.2 Å². The molecular formula is C14H25NO. The van der Waals surface area contributed by atoms with Gasteiger partial charge < -0.3 is 10.1 Å². The summed E-state index contributed by atoms with van der Waals surface area (Å²) in [6.07, 6.45) is 14.1. The third kappa shape index (κ3) is 2.14. The first-order chi connectivity index (χ1) is 7.88. The first-order valence-electron chi connectivity index (χ1n) is 7.29. The fourth-order valence-corrected chi connectivity index (χ4v) is 3.82. The van der Waals surface area contributed by atoms with E-state index in [0.29, 0.717) is 12.1 Å². The highest BCUT2D eigenvalue weighted by molar-refractivity contribution is 4.96. The third-order valence-corrected chi connectivity index (χ3v) is 4.81. The van der Waals surface area contributed by atoms with Crippen LogP contribution in [0.2, 0.25) is 0 Å². The number of nitrogens with one attached hydrogen (secondary N) is 1. The van der Waals surface area contributed by atoms with Crippen molar-refractivity contribution in [2.75, 3.05) is 6.54 Å². The molecule has 92 valence electrons. The summed E-state index contributed by atoms with van der Waals surface area (Å²) in [5.74, 6) is 0. The molecule has 1 N–H and O–H groups in total. The van der Waals surface area contributed by atoms with E-state index in [0.717, 1.165) is 6.54 Å². The van der Waals surface area contributed by atoms with Gasteiger partial charge in [-0.15, -0.1) is 0 Å². The molecule has 2 saturated carbocycles. The van der Waals surface area contributed by atoms with Crippen LogP contribution in [-0.2, 0) is 4.74 Å². The standard InChI is InChI=1S/C14H25NO/c1-3-7-12-13(8-4-1)16-14(11-15-12)9-5-2-6-10-14/h12-13,15H,1-11H2. The van der Waals surface area contributed by atoms with Crippen LogP contribution in [0.1, 0.15) is 64.2 Å². The highest BCUT2D eigenvalue weighted by atomic mass is 16.5. The lowest BCUT2D eigenvalue weighted by Crippen LogP contribution is -2.59. The molecule has 2 atom stereocenters. The molecule has 1 spiro atoms. The Morgan fingerprint density at radius 2 is 1.62 bits per heavy atom. The van der Waals surface area contributed by atoms with Gasteiger partial charge in [-0.1, -0.05) is 38.5 Å². The first kappa shape index (κ1) is 11.0. The maximum atomic E-state index is 6.54. The molecule has 16 heavy (non-hydrogen) atoms. The molecule has 1 heterocycles. The number of hydrogen-bond donors (Lipinski definition) is 1. The molecule has 2 aliphatic carbocycles. The van der Waals surface area contributed by atoms with E-state index in [2.05, 4.69) is 5.32 Å². The minimum atomic E-state index is 0.226. The van der Waals surface area contributed by atoms with E-state index < -0.39 is 0 Å². The summed E-state index contributed by atoms with van der Waals surface area (Å²) in [6.45, 7) is 1.12. The van der Waals surface area contributed by atoms with Crippen LogP contribution in [0.3, 0.4) is 0 Å². The van der Waals surface area contributed by atoms with Crippen LogP contribution in [-0.4, -0.2) is 24.3 Å². The predicted molar refractivity (Wildman–Crippen MR) is 65.6 cm³/mol. The highest BCUT2D eigenvalue weighted by Gasteiger charge is 2.42. The minimum Gasteiger partial charge on any atom is -0.369 e. The molecule has 0 aromatic rings. The Kier molecular flexibility index (Phi) is 3.21. The van der Waals surface area contributed by atoms with Crippen molar-refractivity contribution in [3.63, 3.8) is 0 Å². The summed E-state index contributed by atoms with van der Waals surface area (Å²) >= 11 is 0. The van der Waals surface area contributed by atoms with Gasteiger partial charge in [-0.05, 0) is 25.7 Å². The van der Waals surface area contributed by atoms with Crippen LogP contribution in [0.25, 0.3) is 0 Å². The average Bonchev–Trinajstić information content (AvgIpc) is 2.54. The Labute approximate surface area is 99.1 Å². The van der Waals surface area contributed by atoms with Crippen molar-refractivity contribution >= 4 is 0 Å². The van der Waals surface area contributed by atoms with Crippen molar-refractivity contribution in [1.82, 2.24) is 5.32 Å². The Morgan fingerprint density at radius 1 is 0.875 bits per heavy atom. The molecule has 3 fully saturated rings. The Bertz CT molecular complexity index is 235. The monoisotopic (exact) mass is 223 g/mol. The summed E-state index contributed by atoms with van der Waals surface area (Å²) in [7, 11) is 0. The molecule has 2 heteroatoms. The molecule has 0 amide bonds. The smallest absolute Gasteiger partial charge is 0.0810 e. The summed E-state index contributed by atoms with van der Waals surface area (Å²) in [4.78, 5) is 0. The van der Waals surface area contributed by atoms with Crippen LogP contribution in [0.5, 0.6) is 0 Å². The van der Waals surface area contributed by atoms with Gasteiger partial charge in [0.1, 0.15) is 0 Å². The van der Waals surface area contributed by atoms with Gasteiger partial charge in [-0.3, -0.25) is 0 Å². The van der Waals surface area contributed by atoms with E-state index in [-0.39, 0.29) is 5.60 Å². The molecular weight excluding hydrogens is 198 g/mol. The van der Waals surface area contributed by atoms with E-state index in [9.17, 15) is 0 Å². The predicted octanol–water partition coefficient (Wildman–Crippen LogP) is 3.01. The lowest BCUT2D eigenvalue weighted by Gasteiger charge is -2.47. The second kappa shape index (κ2) is 4.66. The second-order valence-corrected chi connectivity index (χ2v) is 6.03. The first-order valence-corrected chi connectivity index (χ1v) is 7.29. The zero-order chi connectivity index (χ0) is 10.8. The lowest BCUT2D eigenvalue weighted by molar-refractivity contribution is -0.152. The molecule has 1 saturated heterocycles. The molecule has 0 bridgehead atoms. The molecule has 2 unspecified atom stereocenters. The number of ether oxygens (including phenoxy) is 1. The summed E-state index contributed by atoms with van der Waals surface area (Å²) in [6, 6.07) is 0.662. The van der Waals surface area contributed by atoms with Crippen LogP contribution in [0.4, 0.5) is 0 Å². The van der Waals surface area contributed by atoms with Gasteiger partial charge in [0, 0.05) is 12.6 Å². The highest BCUT2D eigenvalue weighted by Crippen LogP contribution is 2.37. The summed E-state index contributed by atoms with van der Waals surface area (Å²) < 4.78 is 6.54. The zero-order valence-corrected chi connectivity index (χ0v) is 10.3. The molecule has 0 aromatic carbocycles. The zero-order valence-electron chi connectivity index (χ0n) is 10.3. The average molecular weight is 223 g/mol. The van der Waals surface area contributed by atoms with Crippen LogP contribution in [0, 0.1) is 0 Å². The largest absolute Gasteiger partial charge is 0.369 e. The topological polar surface area (TPSA) is 21.3 Å². The normalized spacial score (nSPS) is 39.0. The fraction of sp³-hybridized carbons (Fsp3) is 1.00.